The van der Waals surface area contributed by atoms with Crippen LogP contribution in [-0.4, -0.2) is 9.13 Å². The van der Waals surface area contributed by atoms with E-state index in [1.54, 1.807) is 0 Å². The van der Waals surface area contributed by atoms with Crippen LogP contribution in [0.25, 0.3) is 75.2 Å². The van der Waals surface area contributed by atoms with Gasteiger partial charge in [0, 0.05) is 37.0 Å². The molecule has 0 saturated carbocycles. The molecular formula is C37H21N3S. The first kappa shape index (κ1) is 22.4. The van der Waals surface area contributed by atoms with Crippen molar-refractivity contribution >= 4 is 75.1 Å². The van der Waals surface area contributed by atoms with Crippen molar-refractivity contribution in [2.75, 3.05) is 0 Å². The zero-order chi connectivity index (χ0) is 27.1. The van der Waals surface area contributed by atoms with E-state index in [9.17, 15) is 5.26 Å². The van der Waals surface area contributed by atoms with E-state index in [2.05, 4.69) is 130 Å². The minimum atomic E-state index is 0.676. The van der Waals surface area contributed by atoms with Crippen LogP contribution in [0.15, 0.2) is 127 Å². The van der Waals surface area contributed by atoms with Crippen molar-refractivity contribution in [1.29, 1.82) is 5.26 Å². The monoisotopic (exact) mass is 539 g/mol. The zero-order valence-corrected chi connectivity index (χ0v) is 22.7. The van der Waals surface area contributed by atoms with Gasteiger partial charge in [-0.2, -0.15) is 5.26 Å². The third-order valence-corrected chi connectivity index (χ3v) is 9.54. The molecular weight excluding hydrogens is 518 g/mol. The van der Waals surface area contributed by atoms with Gasteiger partial charge in [0.1, 0.15) is 0 Å². The molecule has 9 rings (SSSR count). The van der Waals surface area contributed by atoms with Gasteiger partial charge < -0.3 is 9.13 Å². The van der Waals surface area contributed by atoms with E-state index in [1.165, 1.54) is 47.7 Å². The van der Waals surface area contributed by atoms with E-state index >= 15 is 0 Å². The second-order valence-corrected chi connectivity index (χ2v) is 11.5. The van der Waals surface area contributed by atoms with Crippen molar-refractivity contribution in [2.45, 2.75) is 0 Å². The zero-order valence-electron chi connectivity index (χ0n) is 21.9. The molecule has 0 aliphatic heterocycles. The minimum absolute atomic E-state index is 0.676. The maximum absolute atomic E-state index is 9.60. The molecule has 0 amide bonds. The van der Waals surface area contributed by atoms with Gasteiger partial charge in [-0.15, -0.1) is 11.3 Å². The fraction of sp³-hybridized carbons (Fsp3) is 0. The molecule has 0 atom stereocenters. The summed E-state index contributed by atoms with van der Waals surface area (Å²) in [5.74, 6) is 0. The lowest BCUT2D eigenvalue weighted by molar-refractivity contribution is 1.20. The highest BCUT2D eigenvalue weighted by Gasteiger charge is 2.20. The average Bonchev–Trinajstić information content (AvgIpc) is 3.68. The molecule has 0 unspecified atom stereocenters. The largest absolute Gasteiger partial charge is 0.309 e. The predicted octanol–water partition coefficient (Wildman–Crippen LogP) is 10.1. The summed E-state index contributed by atoms with van der Waals surface area (Å²) < 4.78 is 7.32. The number of rotatable bonds is 2. The van der Waals surface area contributed by atoms with Crippen molar-refractivity contribution in [3.8, 4) is 17.4 Å². The van der Waals surface area contributed by atoms with Gasteiger partial charge in [0.2, 0.25) is 0 Å². The molecule has 0 saturated heterocycles. The van der Waals surface area contributed by atoms with Crippen molar-refractivity contribution in [3.63, 3.8) is 0 Å². The number of aromatic nitrogens is 2. The highest BCUT2D eigenvalue weighted by molar-refractivity contribution is 7.26. The Morgan fingerprint density at radius 3 is 1.71 bits per heavy atom. The molecule has 9 aromatic rings. The molecule has 0 aliphatic carbocycles. The molecule has 190 valence electrons. The second-order valence-electron chi connectivity index (χ2n) is 10.5. The molecule has 6 aromatic carbocycles. The van der Waals surface area contributed by atoms with Crippen LogP contribution in [0, 0.1) is 11.3 Å². The first-order chi connectivity index (χ1) is 20.3. The molecule has 0 aliphatic rings. The first-order valence-corrected chi connectivity index (χ1v) is 14.5. The highest BCUT2D eigenvalue weighted by atomic mass is 32.1. The predicted molar refractivity (Wildman–Crippen MR) is 173 cm³/mol. The topological polar surface area (TPSA) is 33.6 Å². The maximum Gasteiger partial charge on any atom is 0.0991 e. The van der Waals surface area contributed by atoms with Crippen molar-refractivity contribution in [1.82, 2.24) is 9.13 Å². The van der Waals surface area contributed by atoms with Gasteiger partial charge in [-0.25, -0.2) is 0 Å². The minimum Gasteiger partial charge on any atom is -0.309 e. The lowest BCUT2D eigenvalue weighted by Crippen LogP contribution is -1.95. The van der Waals surface area contributed by atoms with Gasteiger partial charge in [-0.3, -0.25) is 0 Å². The van der Waals surface area contributed by atoms with Crippen LogP contribution in [0.3, 0.4) is 0 Å². The number of thiophene rings is 1. The van der Waals surface area contributed by atoms with Crippen LogP contribution in [0.1, 0.15) is 5.56 Å². The van der Waals surface area contributed by atoms with Crippen LogP contribution in [0.4, 0.5) is 0 Å². The molecule has 3 heterocycles. The van der Waals surface area contributed by atoms with Crippen LogP contribution in [0.5, 0.6) is 0 Å². The normalized spacial score (nSPS) is 11.9. The number of benzene rings is 6. The Morgan fingerprint density at radius 1 is 0.488 bits per heavy atom. The van der Waals surface area contributed by atoms with E-state index in [4.69, 9.17) is 0 Å². The van der Waals surface area contributed by atoms with Crippen LogP contribution < -0.4 is 0 Å². The molecule has 41 heavy (non-hydrogen) atoms. The molecule has 3 aromatic heterocycles. The lowest BCUT2D eigenvalue weighted by atomic mass is 10.1. The molecule has 0 radical (unpaired) electrons. The third kappa shape index (κ3) is 3.01. The summed E-state index contributed by atoms with van der Waals surface area (Å²) in [6.07, 6.45) is 0. The number of para-hydroxylation sites is 3. The summed E-state index contributed by atoms with van der Waals surface area (Å²) >= 11 is 1.85. The third-order valence-electron chi connectivity index (χ3n) is 8.34. The lowest BCUT2D eigenvalue weighted by Gasteiger charge is -2.11. The Kier molecular flexibility index (Phi) is 4.55. The molecule has 0 N–H and O–H groups in total. The fourth-order valence-corrected chi connectivity index (χ4v) is 7.89. The van der Waals surface area contributed by atoms with Crippen molar-refractivity contribution in [2.24, 2.45) is 0 Å². The number of nitrogens with zero attached hydrogens (tertiary/aromatic N) is 3. The van der Waals surface area contributed by atoms with Crippen LogP contribution in [-0.2, 0) is 0 Å². The van der Waals surface area contributed by atoms with Crippen molar-refractivity contribution in [3.05, 3.63) is 133 Å². The van der Waals surface area contributed by atoms with Gasteiger partial charge in [-0.1, -0.05) is 72.8 Å². The van der Waals surface area contributed by atoms with E-state index in [-0.39, 0.29) is 0 Å². The summed E-state index contributed by atoms with van der Waals surface area (Å²) in [7, 11) is 0. The maximum atomic E-state index is 9.60. The number of hydrogen-bond donors (Lipinski definition) is 0. The molecule has 4 heteroatoms. The summed E-state index contributed by atoms with van der Waals surface area (Å²) in [5, 5.41) is 16.9. The van der Waals surface area contributed by atoms with Gasteiger partial charge >= 0.3 is 0 Å². The van der Waals surface area contributed by atoms with E-state index in [0.717, 1.165) is 27.5 Å². The summed E-state index contributed by atoms with van der Waals surface area (Å²) in [6.45, 7) is 0. The quantitative estimate of drug-likeness (QED) is 0.215. The van der Waals surface area contributed by atoms with E-state index in [1.807, 2.05) is 23.5 Å². The Bertz CT molecular complexity index is 2500. The summed E-state index contributed by atoms with van der Waals surface area (Å²) in [6, 6.07) is 47.5. The van der Waals surface area contributed by atoms with Crippen LogP contribution in [0.2, 0.25) is 0 Å². The Balaban J connectivity index is 1.41. The van der Waals surface area contributed by atoms with Gasteiger partial charge in [0.15, 0.2) is 0 Å². The average molecular weight is 540 g/mol. The first-order valence-electron chi connectivity index (χ1n) is 13.7. The molecule has 0 spiro atoms. The highest BCUT2D eigenvalue weighted by Crippen LogP contribution is 2.44. The van der Waals surface area contributed by atoms with Crippen molar-refractivity contribution < 1.29 is 0 Å². The Labute approximate surface area is 239 Å². The standard InChI is InChI=1S/C37H21N3S/c38-22-23-19-20-32-28(21-23)26-11-3-6-15-31(26)39(32)33-16-8-18-35-36(33)27-12-7-17-34(37(27)41-35)40-29-13-4-1-9-24(29)25-10-2-5-14-30(25)40/h1-21H. The molecule has 0 bridgehead atoms. The Morgan fingerprint density at radius 2 is 1.02 bits per heavy atom. The van der Waals surface area contributed by atoms with E-state index < -0.39 is 0 Å². The second kappa shape index (κ2) is 8.32. The molecule has 0 fully saturated rings. The summed E-state index contributed by atoms with van der Waals surface area (Å²) in [5.41, 5.74) is 7.72. The fourth-order valence-electron chi connectivity index (χ4n) is 6.66. The summed E-state index contributed by atoms with van der Waals surface area (Å²) in [4.78, 5) is 0. The number of nitriles is 1. The van der Waals surface area contributed by atoms with Gasteiger partial charge in [0.05, 0.1) is 49.8 Å². The van der Waals surface area contributed by atoms with Gasteiger partial charge in [0.25, 0.3) is 0 Å². The Hall–Kier alpha value is -5.37. The van der Waals surface area contributed by atoms with Crippen LogP contribution >= 0.6 is 11.3 Å². The van der Waals surface area contributed by atoms with E-state index in [0.29, 0.717) is 5.56 Å². The smallest absolute Gasteiger partial charge is 0.0991 e. The van der Waals surface area contributed by atoms with Gasteiger partial charge in [-0.05, 0) is 54.6 Å². The SMILES string of the molecule is N#Cc1ccc2c(c1)c1ccccc1n2-c1cccc2sc3c(-n4c5ccccc5c5ccccc54)cccc3c12. The number of hydrogen-bond acceptors (Lipinski definition) is 2. The molecule has 3 nitrogen and oxygen atoms in total. The number of fused-ring (bicyclic) bond motifs is 9.